The van der Waals surface area contributed by atoms with Gasteiger partial charge in [-0.1, -0.05) is 18.5 Å². The van der Waals surface area contributed by atoms with Crippen molar-refractivity contribution in [2.75, 3.05) is 18.5 Å². The molecule has 0 radical (unpaired) electrons. The summed E-state index contributed by atoms with van der Waals surface area (Å²) in [5, 5.41) is 7.08. The van der Waals surface area contributed by atoms with Gasteiger partial charge in [-0.05, 0) is 74.5 Å². The summed E-state index contributed by atoms with van der Waals surface area (Å²) in [6.07, 6.45) is 1.68. The van der Waals surface area contributed by atoms with Gasteiger partial charge in [-0.25, -0.2) is 10.2 Å². The van der Waals surface area contributed by atoms with E-state index < -0.39 is 11.9 Å². The first-order valence-corrected chi connectivity index (χ1v) is 12.4. The predicted octanol–water partition coefficient (Wildman–Crippen LogP) is 5.47. The highest BCUT2D eigenvalue weighted by molar-refractivity contribution is 6.31. The SMILES string of the molecule is CCOc1ccc(C(=O)Oc2ccc(Cl)cc2/C=N/NC(=O)c2ccc(NC(=O)CC)cc2)cc1OCC. The smallest absolute Gasteiger partial charge is 0.343 e. The number of carbonyl (C=O) groups is 3. The third-order valence-electron chi connectivity index (χ3n) is 5.08. The van der Waals surface area contributed by atoms with Crippen molar-refractivity contribution in [3.8, 4) is 17.2 Å². The molecule has 10 heteroatoms. The molecule has 0 bridgehead atoms. The second-order valence-electron chi connectivity index (χ2n) is 7.78. The highest BCUT2D eigenvalue weighted by Crippen LogP contribution is 2.29. The van der Waals surface area contributed by atoms with E-state index in [1.807, 2.05) is 13.8 Å². The maximum absolute atomic E-state index is 12.9. The summed E-state index contributed by atoms with van der Waals surface area (Å²) in [7, 11) is 0. The second kappa shape index (κ2) is 13.8. The fraction of sp³-hybridized carbons (Fsp3) is 0.214. The van der Waals surface area contributed by atoms with Crippen LogP contribution in [0.2, 0.25) is 5.02 Å². The van der Waals surface area contributed by atoms with Crippen LogP contribution in [-0.4, -0.2) is 37.2 Å². The van der Waals surface area contributed by atoms with Gasteiger partial charge >= 0.3 is 5.97 Å². The van der Waals surface area contributed by atoms with Gasteiger partial charge in [0.15, 0.2) is 11.5 Å². The summed E-state index contributed by atoms with van der Waals surface area (Å²) in [5.74, 6) is -0.0490. The lowest BCUT2D eigenvalue weighted by molar-refractivity contribution is -0.115. The molecule has 0 aromatic heterocycles. The number of rotatable bonds is 11. The molecule has 0 unspecified atom stereocenters. The fourth-order valence-corrected chi connectivity index (χ4v) is 3.41. The van der Waals surface area contributed by atoms with Gasteiger partial charge in [0.2, 0.25) is 5.91 Å². The summed E-state index contributed by atoms with van der Waals surface area (Å²) >= 11 is 6.12. The molecule has 9 nitrogen and oxygen atoms in total. The summed E-state index contributed by atoms with van der Waals surface area (Å²) in [4.78, 5) is 36.8. The number of anilines is 1. The van der Waals surface area contributed by atoms with Crippen molar-refractivity contribution < 1.29 is 28.6 Å². The van der Waals surface area contributed by atoms with Crippen LogP contribution in [0.25, 0.3) is 0 Å². The minimum Gasteiger partial charge on any atom is -0.490 e. The number of esters is 1. The van der Waals surface area contributed by atoms with Crippen molar-refractivity contribution in [3.63, 3.8) is 0 Å². The molecule has 0 saturated carbocycles. The van der Waals surface area contributed by atoms with Crippen LogP contribution in [0.1, 0.15) is 53.5 Å². The Morgan fingerprint density at radius 3 is 2.18 bits per heavy atom. The monoisotopic (exact) mass is 537 g/mol. The second-order valence-corrected chi connectivity index (χ2v) is 8.21. The molecule has 2 amide bonds. The van der Waals surface area contributed by atoms with Crippen LogP contribution < -0.4 is 25.0 Å². The van der Waals surface area contributed by atoms with Gasteiger partial charge in [0.1, 0.15) is 5.75 Å². The summed E-state index contributed by atoms with van der Waals surface area (Å²) in [5.41, 5.74) is 3.99. The van der Waals surface area contributed by atoms with Crippen LogP contribution in [0.4, 0.5) is 5.69 Å². The first-order chi connectivity index (χ1) is 18.3. The molecule has 198 valence electrons. The van der Waals surface area contributed by atoms with Crippen molar-refractivity contribution in [3.05, 3.63) is 82.4 Å². The third kappa shape index (κ3) is 7.81. The molecule has 0 heterocycles. The number of nitrogens with one attached hydrogen (secondary N) is 2. The van der Waals surface area contributed by atoms with E-state index in [0.29, 0.717) is 53.0 Å². The number of ether oxygens (including phenoxy) is 3. The van der Waals surface area contributed by atoms with Gasteiger partial charge in [0, 0.05) is 28.3 Å². The molecule has 0 saturated heterocycles. The van der Waals surface area contributed by atoms with E-state index in [9.17, 15) is 14.4 Å². The molecule has 0 atom stereocenters. The van der Waals surface area contributed by atoms with Gasteiger partial charge in [-0.15, -0.1) is 0 Å². The number of nitrogens with zero attached hydrogens (tertiary/aromatic N) is 1. The van der Waals surface area contributed by atoms with Gasteiger partial charge in [-0.3, -0.25) is 9.59 Å². The van der Waals surface area contributed by atoms with Crippen molar-refractivity contribution in [2.24, 2.45) is 5.10 Å². The molecular formula is C28H28ClN3O6. The molecular weight excluding hydrogens is 510 g/mol. The highest BCUT2D eigenvalue weighted by Gasteiger charge is 2.15. The fourth-order valence-electron chi connectivity index (χ4n) is 3.23. The number of hydrazone groups is 1. The highest BCUT2D eigenvalue weighted by atomic mass is 35.5. The van der Waals surface area contributed by atoms with Gasteiger partial charge < -0.3 is 19.5 Å². The largest absolute Gasteiger partial charge is 0.490 e. The quantitative estimate of drug-likeness (QED) is 0.145. The molecule has 0 aliphatic rings. The average molecular weight is 538 g/mol. The molecule has 0 fully saturated rings. The third-order valence-corrected chi connectivity index (χ3v) is 5.31. The Hall–Kier alpha value is -4.37. The maximum atomic E-state index is 12.9. The first kappa shape index (κ1) is 28.2. The first-order valence-electron chi connectivity index (χ1n) is 12.0. The zero-order valence-electron chi connectivity index (χ0n) is 21.2. The van der Waals surface area contributed by atoms with E-state index in [0.717, 1.165) is 0 Å². The topological polar surface area (TPSA) is 115 Å². The zero-order valence-corrected chi connectivity index (χ0v) is 22.0. The van der Waals surface area contributed by atoms with E-state index in [1.54, 1.807) is 61.5 Å². The average Bonchev–Trinajstić information content (AvgIpc) is 2.91. The molecule has 3 rings (SSSR count). The summed E-state index contributed by atoms with van der Waals surface area (Å²) in [6.45, 7) is 6.30. The van der Waals surface area contributed by atoms with Crippen molar-refractivity contribution in [2.45, 2.75) is 27.2 Å². The molecule has 38 heavy (non-hydrogen) atoms. The lowest BCUT2D eigenvalue weighted by Gasteiger charge is -2.13. The van der Waals surface area contributed by atoms with Crippen molar-refractivity contribution in [1.29, 1.82) is 0 Å². The van der Waals surface area contributed by atoms with Crippen LogP contribution in [0.3, 0.4) is 0 Å². The van der Waals surface area contributed by atoms with Gasteiger partial charge in [-0.2, -0.15) is 5.10 Å². The molecule has 0 aliphatic carbocycles. The van der Waals surface area contributed by atoms with Crippen LogP contribution in [0, 0.1) is 0 Å². The Bertz CT molecular complexity index is 1320. The summed E-state index contributed by atoms with van der Waals surface area (Å²) < 4.78 is 16.7. The molecule has 0 spiro atoms. The maximum Gasteiger partial charge on any atom is 0.343 e. The Morgan fingerprint density at radius 1 is 0.842 bits per heavy atom. The Kier molecular flexibility index (Phi) is 10.2. The molecule has 3 aromatic rings. The lowest BCUT2D eigenvalue weighted by Crippen LogP contribution is -2.18. The minimum absolute atomic E-state index is 0.123. The summed E-state index contributed by atoms with van der Waals surface area (Å²) in [6, 6.07) is 15.8. The molecule has 3 aromatic carbocycles. The van der Waals surface area contributed by atoms with Gasteiger partial charge in [0.05, 0.1) is 25.0 Å². The van der Waals surface area contributed by atoms with E-state index >= 15 is 0 Å². The lowest BCUT2D eigenvalue weighted by atomic mass is 10.2. The van der Waals surface area contributed by atoms with E-state index in [1.165, 1.54) is 12.3 Å². The predicted molar refractivity (Wildman–Crippen MR) is 146 cm³/mol. The van der Waals surface area contributed by atoms with Crippen LogP contribution in [0.5, 0.6) is 17.2 Å². The van der Waals surface area contributed by atoms with Crippen LogP contribution in [0.15, 0.2) is 65.8 Å². The standard InChI is InChI=1S/C28H28ClN3O6/c1-4-26(33)31-22-11-7-18(8-12-22)27(34)32-30-17-20-15-21(29)10-14-23(20)38-28(35)19-9-13-24(36-5-2)25(16-19)37-6-3/h7-17H,4-6H2,1-3H3,(H,31,33)(H,32,34)/b30-17+. The van der Waals surface area contributed by atoms with Crippen molar-refractivity contribution >= 4 is 41.3 Å². The molecule has 2 N–H and O–H groups in total. The van der Waals surface area contributed by atoms with E-state index in [2.05, 4.69) is 15.8 Å². The number of hydrogen-bond donors (Lipinski definition) is 2. The number of carbonyl (C=O) groups excluding carboxylic acids is 3. The van der Waals surface area contributed by atoms with Crippen LogP contribution in [-0.2, 0) is 4.79 Å². The minimum atomic E-state index is -0.620. The number of hydrogen-bond acceptors (Lipinski definition) is 7. The van der Waals surface area contributed by atoms with Crippen LogP contribution >= 0.6 is 11.6 Å². The Balaban J connectivity index is 1.71. The number of halogens is 1. The van der Waals surface area contributed by atoms with E-state index in [4.69, 9.17) is 25.8 Å². The van der Waals surface area contributed by atoms with Crippen molar-refractivity contribution in [1.82, 2.24) is 5.43 Å². The Labute approximate surface area is 225 Å². The van der Waals surface area contributed by atoms with E-state index in [-0.39, 0.29) is 17.2 Å². The Morgan fingerprint density at radius 2 is 1.50 bits per heavy atom. The molecule has 0 aliphatic heterocycles. The van der Waals surface area contributed by atoms with Gasteiger partial charge in [0.25, 0.3) is 5.91 Å². The zero-order chi connectivity index (χ0) is 27.5. The number of benzene rings is 3. The normalized spacial score (nSPS) is 10.6. The number of amides is 2.